The minimum absolute atomic E-state index is 0.00595. The van der Waals surface area contributed by atoms with E-state index >= 15 is 0 Å². The summed E-state index contributed by atoms with van der Waals surface area (Å²) in [6, 6.07) is 3.51. The zero-order valence-corrected chi connectivity index (χ0v) is 16.3. The highest BCUT2D eigenvalue weighted by Gasteiger charge is 2.47. The molecule has 136 valence electrons. The van der Waals surface area contributed by atoms with Crippen LogP contribution in [0.25, 0.3) is 0 Å². The van der Waals surface area contributed by atoms with Gasteiger partial charge in [-0.25, -0.2) is 16.8 Å². The maximum absolute atomic E-state index is 13.3. The van der Waals surface area contributed by atoms with Gasteiger partial charge in [-0.3, -0.25) is 0 Å². The van der Waals surface area contributed by atoms with E-state index in [0.29, 0.717) is 12.0 Å². The van der Waals surface area contributed by atoms with Crippen molar-refractivity contribution in [3.05, 3.63) is 28.8 Å². The molecule has 2 rings (SSSR count). The molecule has 24 heavy (non-hydrogen) atoms. The molecule has 1 aliphatic heterocycles. The number of benzene rings is 1. The van der Waals surface area contributed by atoms with Gasteiger partial charge < -0.3 is 5.73 Å². The number of nitrogens with zero attached hydrogens (tertiary/aromatic N) is 1. The molecule has 0 bridgehead atoms. The average molecular weight is 375 g/mol. The number of aryl methyl sites for hydroxylation is 3. The van der Waals surface area contributed by atoms with Crippen molar-refractivity contribution in [2.24, 2.45) is 5.73 Å². The number of hydrogen-bond acceptors (Lipinski definition) is 5. The van der Waals surface area contributed by atoms with Crippen molar-refractivity contribution in [2.75, 3.05) is 24.6 Å². The molecule has 6 nitrogen and oxygen atoms in total. The Balaban J connectivity index is 2.57. The van der Waals surface area contributed by atoms with Crippen molar-refractivity contribution in [2.45, 2.75) is 44.6 Å². The molecule has 0 aromatic heterocycles. The summed E-state index contributed by atoms with van der Waals surface area (Å²) in [5.41, 5.74) is 7.24. The van der Waals surface area contributed by atoms with Crippen molar-refractivity contribution in [3.63, 3.8) is 0 Å². The zero-order valence-electron chi connectivity index (χ0n) is 14.7. The number of rotatable bonds is 5. The van der Waals surface area contributed by atoms with Gasteiger partial charge in [-0.05, 0) is 56.9 Å². The van der Waals surface area contributed by atoms with Crippen LogP contribution >= 0.6 is 0 Å². The van der Waals surface area contributed by atoms with Gasteiger partial charge in [0.05, 0.1) is 16.4 Å². The van der Waals surface area contributed by atoms with Crippen molar-refractivity contribution >= 4 is 19.9 Å². The molecule has 0 spiro atoms. The average Bonchev–Trinajstić information content (AvgIpc) is 2.74. The lowest BCUT2D eigenvalue weighted by atomic mass is 10.0. The fourth-order valence-electron chi connectivity index (χ4n) is 3.32. The lowest BCUT2D eigenvalue weighted by Gasteiger charge is -2.36. The first-order valence-electron chi connectivity index (χ1n) is 7.94. The molecule has 1 aromatic carbocycles. The first-order valence-corrected chi connectivity index (χ1v) is 11.2. The van der Waals surface area contributed by atoms with E-state index in [-0.39, 0.29) is 29.5 Å². The van der Waals surface area contributed by atoms with E-state index in [1.165, 1.54) is 4.31 Å². The number of hydrogen-bond donors (Lipinski definition) is 1. The maximum Gasteiger partial charge on any atom is 0.243 e. The standard InChI is InChI=1S/C16H26N2O4S2/c1-12-9-14(3)15(10-13(12)2)24(21,22)18(7-6-17)16(4)5-8-23(19,20)11-16/h9-10H,5-8,11,17H2,1-4H3/t16-/m0/s1. The SMILES string of the molecule is Cc1cc(C)c(S(=O)(=O)N(CCN)[C@@]2(C)CCS(=O)(=O)C2)cc1C. The molecular formula is C16H26N2O4S2. The Morgan fingerprint density at radius 3 is 2.25 bits per heavy atom. The lowest BCUT2D eigenvalue weighted by molar-refractivity contribution is 0.238. The van der Waals surface area contributed by atoms with Crippen molar-refractivity contribution < 1.29 is 16.8 Å². The monoisotopic (exact) mass is 374 g/mol. The molecule has 0 aliphatic carbocycles. The Morgan fingerprint density at radius 2 is 1.75 bits per heavy atom. The summed E-state index contributed by atoms with van der Waals surface area (Å²) >= 11 is 0. The van der Waals surface area contributed by atoms with Crippen LogP contribution in [0.3, 0.4) is 0 Å². The molecule has 0 saturated carbocycles. The van der Waals surface area contributed by atoms with Crippen LogP contribution in [0.5, 0.6) is 0 Å². The fourth-order valence-corrected chi connectivity index (χ4v) is 7.65. The van der Waals surface area contributed by atoms with E-state index < -0.39 is 25.4 Å². The highest BCUT2D eigenvalue weighted by atomic mass is 32.2. The van der Waals surface area contributed by atoms with E-state index in [4.69, 9.17) is 5.73 Å². The fraction of sp³-hybridized carbons (Fsp3) is 0.625. The first kappa shape index (κ1) is 19.4. The van der Waals surface area contributed by atoms with Gasteiger partial charge in [0.2, 0.25) is 10.0 Å². The van der Waals surface area contributed by atoms with Gasteiger partial charge in [-0.15, -0.1) is 0 Å². The molecule has 0 amide bonds. The van der Waals surface area contributed by atoms with E-state index in [9.17, 15) is 16.8 Å². The zero-order chi connectivity index (χ0) is 18.3. The second-order valence-corrected chi connectivity index (χ2v) is 10.9. The third kappa shape index (κ3) is 3.51. The summed E-state index contributed by atoms with van der Waals surface area (Å²) in [6.45, 7) is 7.48. The summed E-state index contributed by atoms with van der Waals surface area (Å²) in [6.07, 6.45) is 0.290. The highest BCUT2D eigenvalue weighted by Crippen LogP contribution is 2.35. The normalized spacial score (nSPS) is 23.8. The van der Waals surface area contributed by atoms with Gasteiger partial charge in [0.15, 0.2) is 9.84 Å². The lowest BCUT2D eigenvalue weighted by Crippen LogP contribution is -2.52. The van der Waals surface area contributed by atoms with Gasteiger partial charge in [-0.2, -0.15) is 4.31 Å². The number of sulfonamides is 1. The molecule has 1 aliphatic rings. The summed E-state index contributed by atoms with van der Waals surface area (Å²) in [4.78, 5) is 0.226. The first-order chi connectivity index (χ1) is 10.9. The summed E-state index contributed by atoms with van der Waals surface area (Å²) < 4.78 is 51.7. The summed E-state index contributed by atoms with van der Waals surface area (Å²) in [5, 5.41) is 0. The number of nitrogens with two attached hydrogens (primary N) is 1. The van der Waals surface area contributed by atoms with Crippen LogP contribution in [0, 0.1) is 20.8 Å². The minimum atomic E-state index is -3.84. The molecule has 0 unspecified atom stereocenters. The third-order valence-electron chi connectivity index (χ3n) is 4.78. The smallest absolute Gasteiger partial charge is 0.243 e. The Labute approximate surface area is 145 Å². The summed E-state index contributed by atoms with van der Waals surface area (Å²) in [5.74, 6) is -0.158. The second-order valence-electron chi connectivity index (χ2n) is 6.91. The van der Waals surface area contributed by atoms with Crippen LogP contribution in [0.4, 0.5) is 0 Å². The second kappa shape index (κ2) is 6.40. The largest absolute Gasteiger partial charge is 0.329 e. The molecule has 1 fully saturated rings. The summed E-state index contributed by atoms with van der Waals surface area (Å²) in [7, 11) is -7.07. The minimum Gasteiger partial charge on any atom is -0.329 e. The van der Waals surface area contributed by atoms with Gasteiger partial charge >= 0.3 is 0 Å². The van der Waals surface area contributed by atoms with Crippen LogP contribution in [0.1, 0.15) is 30.0 Å². The van der Waals surface area contributed by atoms with Crippen molar-refractivity contribution in [3.8, 4) is 0 Å². The van der Waals surface area contributed by atoms with Crippen LogP contribution < -0.4 is 5.73 Å². The van der Waals surface area contributed by atoms with Crippen molar-refractivity contribution in [1.29, 1.82) is 0 Å². The molecule has 1 saturated heterocycles. The Hall–Kier alpha value is -0.960. The topological polar surface area (TPSA) is 97.5 Å². The molecule has 0 radical (unpaired) electrons. The van der Waals surface area contributed by atoms with Crippen molar-refractivity contribution in [1.82, 2.24) is 4.31 Å². The number of sulfone groups is 1. The Kier molecular flexibility index (Phi) is 5.17. The van der Waals surface area contributed by atoms with Gasteiger partial charge in [-0.1, -0.05) is 6.07 Å². The van der Waals surface area contributed by atoms with Gasteiger partial charge in [0.25, 0.3) is 0 Å². The van der Waals surface area contributed by atoms with Crippen LogP contribution in [-0.2, 0) is 19.9 Å². The third-order valence-corrected chi connectivity index (χ3v) is 8.86. The quantitative estimate of drug-likeness (QED) is 0.833. The van der Waals surface area contributed by atoms with E-state index in [1.54, 1.807) is 19.9 Å². The van der Waals surface area contributed by atoms with Gasteiger partial charge in [0, 0.05) is 18.6 Å². The Morgan fingerprint density at radius 1 is 1.17 bits per heavy atom. The molecule has 8 heteroatoms. The Bertz CT molecular complexity index is 847. The van der Waals surface area contributed by atoms with E-state index in [0.717, 1.165) is 11.1 Å². The molecular weight excluding hydrogens is 348 g/mol. The predicted octanol–water partition coefficient (Wildman–Crippen LogP) is 1.14. The molecule has 1 heterocycles. The van der Waals surface area contributed by atoms with Crippen LogP contribution in [-0.4, -0.2) is 51.3 Å². The van der Waals surface area contributed by atoms with Crippen LogP contribution in [0.15, 0.2) is 17.0 Å². The molecule has 1 aromatic rings. The van der Waals surface area contributed by atoms with E-state index in [1.807, 2.05) is 19.9 Å². The van der Waals surface area contributed by atoms with E-state index in [2.05, 4.69) is 0 Å². The van der Waals surface area contributed by atoms with Crippen LogP contribution in [0.2, 0.25) is 0 Å². The molecule has 2 N–H and O–H groups in total. The molecule has 1 atom stereocenters. The predicted molar refractivity (Wildman–Crippen MR) is 95.3 cm³/mol. The maximum atomic E-state index is 13.3. The van der Waals surface area contributed by atoms with Gasteiger partial charge in [0.1, 0.15) is 0 Å². The highest BCUT2D eigenvalue weighted by molar-refractivity contribution is 7.92.